The van der Waals surface area contributed by atoms with Gasteiger partial charge in [-0.05, 0) is 0 Å². The van der Waals surface area contributed by atoms with Crippen LogP contribution in [0.4, 0.5) is 0 Å². The van der Waals surface area contributed by atoms with Crippen molar-refractivity contribution in [2.75, 3.05) is 0 Å². The van der Waals surface area contributed by atoms with Crippen LogP contribution in [0.2, 0.25) is 0 Å². The lowest BCUT2D eigenvalue weighted by Gasteiger charge is -1.84. The van der Waals surface area contributed by atoms with Crippen LogP contribution in [0.3, 0.4) is 0 Å². The first-order valence-electron chi connectivity index (χ1n) is 1.90. The van der Waals surface area contributed by atoms with Crippen molar-refractivity contribution >= 4 is 28.7 Å². The van der Waals surface area contributed by atoms with Crippen molar-refractivity contribution in [3.05, 3.63) is 0 Å². The Morgan fingerprint density at radius 1 is 0.538 bits per heavy atom. The van der Waals surface area contributed by atoms with E-state index >= 15 is 0 Å². The average molecular weight is 260 g/mol. The van der Waals surface area contributed by atoms with Crippen molar-refractivity contribution in [2.45, 2.75) is 0 Å². The summed E-state index contributed by atoms with van der Waals surface area (Å²) in [5.74, 6) is 0. The molecule has 13 heteroatoms. The third kappa shape index (κ3) is 14.5. The van der Waals surface area contributed by atoms with Gasteiger partial charge in [0.1, 0.15) is 0 Å². The zero-order chi connectivity index (χ0) is 11.5. The van der Waals surface area contributed by atoms with E-state index < -0.39 is 28.7 Å². The van der Waals surface area contributed by atoms with Gasteiger partial charge in [-0.3, -0.25) is 18.2 Å². The van der Waals surface area contributed by atoms with Gasteiger partial charge in [-0.25, -0.2) is 0 Å². The second-order valence-corrected chi connectivity index (χ2v) is 6.44. The Kier molecular flexibility index (Phi) is 4.98. The summed E-state index contributed by atoms with van der Waals surface area (Å²) in [5, 5.41) is 0. The summed E-state index contributed by atoms with van der Waals surface area (Å²) in [6, 6.07) is 0. The van der Waals surface area contributed by atoms with Gasteiger partial charge in [0.2, 0.25) is 0 Å². The van der Waals surface area contributed by atoms with Crippen LogP contribution >= 0.6 is 0 Å². The maximum atomic E-state index is 9.37. The molecule has 0 fully saturated rings. The minimum absolute atomic E-state index is 4.67. The van der Waals surface area contributed by atoms with Crippen LogP contribution in [-0.2, 0) is 28.7 Å². The molecule has 0 saturated carbocycles. The smallest absolute Gasteiger partial charge is 0.272 e. The molecule has 13 heavy (non-hydrogen) atoms. The fraction of sp³-hybridized carbons (Fsp3) is 0. The largest absolute Gasteiger partial charge is 0.397 e. The van der Waals surface area contributed by atoms with Crippen molar-refractivity contribution in [3.63, 3.8) is 0 Å². The first kappa shape index (κ1) is 15.2. The van der Waals surface area contributed by atoms with Crippen LogP contribution in [0, 0.1) is 0 Å². The Hall–Kier alpha value is -0.310. The summed E-state index contributed by atoms with van der Waals surface area (Å²) in [6.45, 7) is 0. The molecule has 0 rings (SSSR count). The SMILES string of the molecule is O=S(=O)(O)O.O=S(=O)(O)S(=O)(=O)O. The molecule has 4 N–H and O–H groups in total. The first-order chi connectivity index (χ1) is 5.25. The van der Waals surface area contributed by atoms with Crippen molar-refractivity contribution < 1.29 is 43.5 Å². The van der Waals surface area contributed by atoms with Gasteiger partial charge in [0.15, 0.2) is 0 Å². The van der Waals surface area contributed by atoms with Crippen molar-refractivity contribution in [2.24, 2.45) is 0 Å². The molecular formula is H4O10S3. The molecule has 0 aromatic heterocycles. The van der Waals surface area contributed by atoms with Gasteiger partial charge in [0.25, 0.3) is 0 Å². The third-order valence-corrected chi connectivity index (χ3v) is 2.40. The van der Waals surface area contributed by atoms with E-state index in [1.807, 2.05) is 0 Å². The summed E-state index contributed by atoms with van der Waals surface area (Å²) in [4.78, 5) is 0. The maximum absolute atomic E-state index is 9.37. The van der Waals surface area contributed by atoms with E-state index in [0.29, 0.717) is 0 Å². The summed E-state index contributed by atoms with van der Waals surface area (Å²) < 4.78 is 84.0. The molecule has 0 aromatic carbocycles. The quantitative estimate of drug-likeness (QED) is 0.304. The van der Waals surface area contributed by atoms with Gasteiger partial charge in [-0.1, -0.05) is 0 Å². The molecule has 0 spiro atoms. The summed E-state index contributed by atoms with van der Waals surface area (Å²) >= 11 is 0. The van der Waals surface area contributed by atoms with Gasteiger partial charge in [-0.15, -0.1) is 0 Å². The zero-order valence-electron chi connectivity index (χ0n) is 5.46. The van der Waals surface area contributed by atoms with Gasteiger partial charge >= 0.3 is 28.7 Å². The van der Waals surface area contributed by atoms with E-state index in [1.54, 1.807) is 0 Å². The normalized spacial score (nSPS) is 12.9. The average Bonchev–Trinajstić information content (AvgIpc) is 1.50. The topological polar surface area (TPSA) is 183 Å². The van der Waals surface area contributed by atoms with Gasteiger partial charge in [-0.2, -0.15) is 25.3 Å². The van der Waals surface area contributed by atoms with Gasteiger partial charge < -0.3 is 0 Å². The molecule has 0 atom stereocenters. The molecule has 0 amide bonds. The highest BCUT2D eigenvalue weighted by molar-refractivity contribution is 8.62. The number of hydrogen-bond acceptors (Lipinski definition) is 6. The predicted octanol–water partition coefficient (Wildman–Crippen LogP) is -1.98. The summed E-state index contributed by atoms with van der Waals surface area (Å²) in [7, 11) is -15.3. The summed E-state index contributed by atoms with van der Waals surface area (Å²) in [5.41, 5.74) is 0. The molecule has 0 aromatic rings. The van der Waals surface area contributed by atoms with Crippen molar-refractivity contribution in [1.29, 1.82) is 0 Å². The van der Waals surface area contributed by atoms with Crippen LogP contribution in [0.15, 0.2) is 0 Å². The minimum atomic E-state index is -5.31. The highest BCUT2D eigenvalue weighted by atomic mass is 33.2. The van der Waals surface area contributed by atoms with E-state index in [4.69, 9.17) is 26.6 Å². The molecule has 10 nitrogen and oxygen atoms in total. The Morgan fingerprint density at radius 3 is 0.615 bits per heavy atom. The second kappa shape index (κ2) is 4.27. The first-order valence-corrected chi connectivity index (χ1v) is 6.69. The highest BCUT2D eigenvalue weighted by Gasteiger charge is 2.22. The Labute approximate surface area is 72.7 Å². The van der Waals surface area contributed by atoms with Gasteiger partial charge in [0, 0.05) is 0 Å². The number of hydrogen-bond donors (Lipinski definition) is 4. The molecule has 0 aliphatic heterocycles. The lowest BCUT2D eigenvalue weighted by molar-refractivity contribution is 0.381. The molecular weight excluding hydrogens is 256 g/mol. The van der Waals surface area contributed by atoms with E-state index in [9.17, 15) is 16.8 Å². The van der Waals surface area contributed by atoms with Crippen LogP contribution in [0.5, 0.6) is 0 Å². The van der Waals surface area contributed by atoms with E-state index in [1.165, 1.54) is 0 Å². The van der Waals surface area contributed by atoms with E-state index in [-0.39, 0.29) is 0 Å². The zero-order valence-corrected chi connectivity index (χ0v) is 7.91. The maximum Gasteiger partial charge on any atom is 0.397 e. The van der Waals surface area contributed by atoms with Crippen molar-refractivity contribution in [3.8, 4) is 0 Å². The molecule has 0 radical (unpaired) electrons. The van der Waals surface area contributed by atoms with Crippen LogP contribution in [-0.4, -0.2) is 43.5 Å². The van der Waals surface area contributed by atoms with E-state index in [0.717, 1.165) is 0 Å². The third-order valence-electron chi connectivity index (χ3n) is 0.266. The van der Waals surface area contributed by atoms with E-state index in [2.05, 4.69) is 0 Å². The van der Waals surface area contributed by atoms with Crippen molar-refractivity contribution in [1.82, 2.24) is 0 Å². The monoisotopic (exact) mass is 260 g/mol. The molecule has 0 heterocycles. The highest BCUT2D eigenvalue weighted by Crippen LogP contribution is 1.90. The lowest BCUT2D eigenvalue weighted by atomic mass is 15.8. The number of rotatable bonds is 1. The Morgan fingerprint density at radius 2 is 0.615 bits per heavy atom. The Balaban J connectivity index is 0. The molecule has 0 saturated heterocycles. The predicted molar refractivity (Wildman–Crippen MR) is 37.3 cm³/mol. The fourth-order valence-corrected chi connectivity index (χ4v) is 0. The molecule has 82 valence electrons. The fourth-order valence-electron chi connectivity index (χ4n) is 0. The molecule has 0 aliphatic carbocycles. The Bertz CT molecular complexity index is 388. The van der Waals surface area contributed by atoms with Crippen LogP contribution < -0.4 is 0 Å². The minimum Gasteiger partial charge on any atom is -0.272 e. The summed E-state index contributed by atoms with van der Waals surface area (Å²) in [6.07, 6.45) is 0. The second-order valence-electron chi connectivity index (χ2n) is 1.30. The molecule has 0 unspecified atom stereocenters. The molecule has 0 bridgehead atoms. The standard InChI is InChI=1S/H2O6S2.H2O4S/c1-7(2,3)8(4,5)6;1-5(2,3)4/h(H,1,2,3)(H,4,5,6);(H2,1,2,3,4). The van der Waals surface area contributed by atoms with Crippen LogP contribution in [0.1, 0.15) is 0 Å². The van der Waals surface area contributed by atoms with Gasteiger partial charge in [0.05, 0.1) is 0 Å². The van der Waals surface area contributed by atoms with Crippen LogP contribution in [0.25, 0.3) is 0 Å². The molecule has 0 aliphatic rings. The lowest BCUT2D eigenvalue weighted by Crippen LogP contribution is -2.11.